The number of amides is 2. The molecule has 0 spiro atoms. The predicted molar refractivity (Wildman–Crippen MR) is 98.9 cm³/mol. The monoisotopic (exact) mass is 362 g/mol. The minimum absolute atomic E-state index is 0.0505. The number of carbonyl (C=O) groups is 2. The number of fused-ring (bicyclic) bond motifs is 1. The van der Waals surface area contributed by atoms with Crippen molar-refractivity contribution in [1.29, 1.82) is 0 Å². The fraction of sp³-hybridized carbons (Fsp3) is 0.500. The minimum Gasteiger partial charge on any atom is -0.489 e. The molecule has 0 saturated heterocycles. The van der Waals surface area contributed by atoms with Crippen molar-refractivity contribution in [1.82, 2.24) is 10.2 Å². The number of rotatable bonds is 6. The molecule has 26 heavy (non-hydrogen) atoms. The van der Waals surface area contributed by atoms with E-state index in [4.69, 9.17) is 4.74 Å². The third kappa shape index (κ3) is 5.31. The van der Waals surface area contributed by atoms with Gasteiger partial charge in [0.05, 0.1) is 12.9 Å². The number of nitrogens with one attached hydrogen (secondary N) is 1. The Balaban J connectivity index is 2.03. The number of benzene rings is 1. The lowest BCUT2D eigenvalue weighted by Crippen LogP contribution is -2.48. The zero-order valence-corrected chi connectivity index (χ0v) is 15.9. The lowest BCUT2D eigenvalue weighted by atomic mass is 9.98. The molecule has 0 fully saturated rings. The van der Waals surface area contributed by atoms with Gasteiger partial charge in [-0.15, -0.1) is 0 Å². The highest BCUT2D eigenvalue weighted by Gasteiger charge is 2.27. The van der Waals surface area contributed by atoms with E-state index in [-0.39, 0.29) is 30.5 Å². The van der Waals surface area contributed by atoms with Gasteiger partial charge < -0.3 is 15.0 Å². The van der Waals surface area contributed by atoms with Crippen LogP contribution in [-0.4, -0.2) is 41.9 Å². The largest absolute Gasteiger partial charge is 0.489 e. The summed E-state index contributed by atoms with van der Waals surface area (Å²) < 4.78 is 18.2. The summed E-state index contributed by atoms with van der Waals surface area (Å²) in [4.78, 5) is 26.3. The zero-order valence-electron chi connectivity index (χ0n) is 15.9. The molecule has 2 rings (SSSR count). The first-order valence-electron chi connectivity index (χ1n) is 8.87. The van der Waals surface area contributed by atoms with Gasteiger partial charge in [0.1, 0.15) is 12.4 Å². The molecule has 1 aliphatic rings. The average Bonchev–Trinajstić information content (AvgIpc) is 2.56. The fourth-order valence-electron chi connectivity index (χ4n) is 2.77. The maximum atomic E-state index is 12.6. The Labute approximate surface area is 154 Å². The molecule has 0 saturated carbocycles. The van der Waals surface area contributed by atoms with Gasteiger partial charge >= 0.3 is 0 Å². The second-order valence-corrected chi connectivity index (χ2v) is 7.50. The number of hydrogen-bond donors (Lipinski definition) is 1. The van der Waals surface area contributed by atoms with Crippen LogP contribution in [0.25, 0.3) is 0 Å². The molecule has 1 heterocycles. The summed E-state index contributed by atoms with van der Waals surface area (Å²) in [5.41, 5.74) is 1.73. The van der Waals surface area contributed by atoms with E-state index in [1.165, 1.54) is 0 Å². The van der Waals surface area contributed by atoms with Crippen LogP contribution in [0, 0.1) is 0 Å². The van der Waals surface area contributed by atoms with Gasteiger partial charge in [-0.05, 0) is 62.9 Å². The van der Waals surface area contributed by atoms with Gasteiger partial charge in [0.25, 0.3) is 5.91 Å². The molecular weight excluding hydrogens is 335 g/mol. The average molecular weight is 362 g/mol. The lowest BCUT2D eigenvalue weighted by Gasteiger charge is -2.30. The molecule has 0 aromatic heterocycles. The van der Waals surface area contributed by atoms with Gasteiger partial charge in [-0.1, -0.05) is 6.92 Å². The molecule has 0 aliphatic carbocycles. The molecule has 1 aliphatic heterocycles. The van der Waals surface area contributed by atoms with E-state index in [1.54, 1.807) is 17.0 Å². The number of hydrogen-bond acceptors (Lipinski definition) is 3. The minimum atomic E-state index is -0.328. The van der Waals surface area contributed by atoms with Crippen molar-refractivity contribution in [3.63, 3.8) is 0 Å². The summed E-state index contributed by atoms with van der Waals surface area (Å²) in [5.74, 6) is 0.294. The van der Waals surface area contributed by atoms with E-state index in [0.29, 0.717) is 42.6 Å². The van der Waals surface area contributed by atoms with Crippen LogP contribution in [0.2, 0.25) is 0 Å². The normalized spacial score (nSPS) is 14.9. The van der Waals surface area contributed by atoms with Gasteiger partial charge in [0, 0.05) is 17.6 Å². The van der Waals surface area contributed by atoms with Crippen LogP contribution in [0.5, 0.6) is 5.75 Å². The summed E-state index contributed by atoms with van der Waals surface area (Å²) in [6.45, 7) is 8.31. The molecule has 1 N–H and O–H groups in total. The van der Waals surface area contributed by atoms with Gasteiger partial charge in [-0.3, -0.25) is 9.59 Å². The topological polar surface area (TPSA) is 58.6 Å². The predicted octanol–water partition coefficient (Wildman–Crippen LogP) is 3.24. The first-order valence-corrected chi connectivity index (χ1v) is 8.87. The van der Waals surface area contributed by atoms with Crippen molar-refractivity contribution in [3.8, 4) is 5.75 Å². The van der Waals surface area contributed by atoms with Crippen LogP contribution in [0.15, 0.2) is 30.1 Å². The van der Waals surface area contributed by atoms with Crippen molar-refractivity contribution < 1.29 is 18.7 Å². The van der Waals surface area contributed by atoms with Crippen LogP contribution in [-0.2, 0) is 11.2 Å². The Kier molecular flexibility index (Phi) is 6.40. The SMILES string of the molecule is CCC(=CF)COc1ccc2c(c1)CCN(CC(=O)NC(C)(C)C)C2=O. The van der Waals surface area contributed by atoms with Crippen molar-refractivity contribution in [2.75, 3.05) is 19.7 Å². The van der Waals surface area contributed by atoms with Crippen LogP contribution in [0.1, 0.15) is 50.0 Å². The van der Waals surface area contributed by atoms with Crippen molar-refractivity contribution in [2.45, 2.75) is 46.1 Å². The van der Waals surface area contributed by atoms with Gasteiger partial charge in [-0.2, -0.15) is 0 Å². The van der Waals surface area contributed by atoms with Gasteiger partial charge in [0.2, 0.25) is 5.91 Å². The molecule has 0 atom stereocenters. The van der Waals surface area contributed by atoms with Crippen molar-refractivity contribution >= 4 is 11.8 Å². The Morgan fingerprint density at radius 3 is 2.73 bits per heavy atom. The molecular formula is C20H27FN2O3. The summed E-state index contributed by atoms with van der Waals surface area (Å²) in [6.07, 6.45) is 1.81. The van der Waals surface area contributed by atoms with Gasteiger partial charge in [0.15, 0.2) is 0 Å². The second kappa shape index (κ2) is 8.34. The third-order valence-corrected chi connectivity index (χ3v) is 4.13. The number of carbonyl (C=O) groups excluding carboxylic acids is 2. The van der Waals surface area contributed by atoms with Crippen LogP contribution in [0.4, 0.5) is 4.39 Å². The van der Waals surface area contributed by atoms with Gasteiger partial charge in [-0.25, -0.2) is 4.39 Å². The number of ether oxygens (including phenoxy) is 1. The molecule has 1 aromatic carbocycles. The van der Waals surface area contributed by atoms with Crippen molar-refractivity contribution in [3.05, 3.63) is 41.2 Å². The van der Waals surface area contributed by atoms with Crippen LogP contribution in [0.3, 0.4) is 0 Å². The highest BCUT2D eigenvalue weighted by Crippen LogP contribution is 2.24. The quantitative estimate of drug-likeness (QED) is 0.845. The Hall–Kier alpha value is -2.37. The van der Waals surface area contributed by atoms with E-state index in [1.807, 2.05) is 33.8 Å². The van der Waals surface area contributed by atoms with Crippen LogP contribution < -0.4 is 10.1 Å². The smallest absolute Gasteiger partial charge is 0.254 e. The maximum absolute atomic E-state index is 12.6. The number of nitrogens with zero attached hydrogens (tertiary/aromatic N) is 1. The van der Waals surface area contributed by atoms with E-state index in [9.17, 15) is 14.0 Å². The fourth-order valence-corrected chi connectivity index (χ4v) is 2.77. The Morgan fingerprint density at radius 2 is 2.12 bits per heavy atom. The van der Waals surface area contributed by atoms with E-state index < -0.39 is 0 Å². The summed E-state index contributed by atoms with van der Waals surface area (Å²) in [7, 11) is 0. The standard InChI is InChI=1S/C20H27FN2O3/c1-5-14(11-21)13-26-16-6-7-17-15(10-16)8-9-23(19(17)25)12-18(24)22-20(2,3)4/h6-7,10-11H,5,8-9,12-13H2,1-4H3,(H,22,24). The molecule has 5 nitrogen and oxygen atoms in total. The molecule has 6 heteroatoms. The van der Waals surface area contributed by atoms with Crippen LogP contribution >= 0.6 is 0 Å². The molecule has 1 aromatic rings. The lowest BCUT2D eigenvalue weighted by molar-refractivity contribution is -0.123. The summed E-state index contributed by atoms with van der Waals surface area (Å²) in [5, 5.41) is 2.87. The zero-order chi connectivity index (χ0) is 19.3. The third-order valence-electron chi connectivity index (χ3n) is 4.13. The molecule has 2 amide bonds. The summed E-state index contributed by atoms with van der Waals surface area (Å²) in [6, 6.07) is 5.25. The molecule has 0 bridgehead atoms. The highest BCUT2D eigenvalue weighted by molar-refractivity contribution is 5.99. The summed E-state index contributed by atoms with van der Waals surface area (Å²) >= 11 is 0. The van der Waals surface area contributed by atoms with E-state index in [0.717, 1.165) is 5.56 Å². The van der Waals surface area contributed by atoms with E-state index >= 15 is 0 Å². The highest BCUT2D eigenvalue weighted by atomic mass is 19.1. The maximum Gasteiger partial charge on any atom is 0.254 e. The first-order chi connectivity index (χ1) is 12.2. The Bertz CT molecular complexity index is 707. The van der Waals surface area contributed by atoms with Crippen molar-refractivity contribution in [2.24, 2.45) is 0 Å². The second-order valence-electron chi connectivity index (χ2n) is 7.50. The van der Waals surface area contributed by atoms with E-state index in [2.05, 4.69) is 5.32 Å². The molecule has 0 unspecified atom stereocenters. The molecule has 0 radical (unpaired) electrons. The molecule has 142 valence electrons. The first kappa shape index (κ1) is 19.9. The number of halogens is 1. The Morgan fingerprint density at radius 1 is 1.38 bits per heavy atom.